The maximum atomic E-state index is 15.3. The van der Waals surface area contributed by atoms with Crippen molar-refractivity contribution in [2.75, 3.05) is 39.0 Å². The summed E-state index contributed by atoms with van der Waals surface area (Å²) in [5.41, 5.74) is -0.337. The molecule has 0 unspecified atom stereocenters. The number of fused-ring (bicyclic) bond motifs is 1. The molecule has 0 aliphatic carbocycles. The molecule has 0 radical (unpaired) electrons. The summed E-state index contributed by atoms with van der Waals surface area (Å²) in [5.74, 6) is -0.657. The van der Waals surface area contributed by atoms with E-state index in [1.807, 2.05) is 13.8 Å². The molecule has 0 saturated carbocycles. The zero-order valence-electron chi connectivity index (χ0n) is 18.1. The van der Waals surface area contributed by atoms with Gasteiger partial charge in [0.15, 0.2) is 18.4 Å². The summed E-state index contributed by atoms with van der Waals surface area (Å²) in [6.07, 6.45) is 1.42. The zero-order chi connectivity index (χ0) is 21.7. The van der Waals surface area contributed by atoms with Gasteiger partial charge in [0, 0.05) is 12.7 Å². The van der Waals surface area contributed by atoms with E-state index in [9.17, 15) is 4.79 Å². The van der Waals surface area contributed by atoms with E-state index in [1.54, 1.807) is 33.9 Å². The lowest BCUT2D eigenvalue weighted by Crippen LogP contribution is -2.33. The molecule has 0 bridgehead atoms. The predicted molar refractivity (Wildman–Crippen MR) is 107 cm³/mol. The van der Waals surface area contributed by atoms with E-state index in [1.165, 1.54) is 0 Å². The number of carbonyl (C=O) groups is 1. The number of esters is 1. The minimum atomic E-state index is -0.630. The minimum Gasteiger partial charge on any atom is -0.484 e. The summed E-state index contributed by atoms with van der Waals surface area (Å²) in [7, 11) is 1.57. The number of hydrogen-bond acceptors (Lipinski definition) is 7. The Bertz CT molecular complexity index is 714. The average Bonchev–Trinajstić information content (AvgIpc) is 2.60. The number of rotatable bonds is 9. The van der Waals surface area contributed by atoms with Gasteiger partial charge in [-0.05, 0) is 53.5 Å². The minimum absolute atomic E-state index is 0.0441. The molecule has 1 aliphatic heterocycles. The van der Waals surface area contributed by atoms with Crippen LogP contribution in [-0.4, -0.2) is 50.8 Å². The number of ether oxygens (including phenoxy) is 5. The Labute approximate surface area is 171 Å². The first kappa shape index (κ1) is 23.2. The molecule has 1 heterocycles. The molecule has 0 aromatic heterocycles. The molecule has 0 atom stereocenters. The number of aryl methyl sites for hydroxylation is 1. The number of benzene rings is 1. The highest BCUT2D eigenvalue weighted by Crippen LogP contribution is 2.42. The molecule has 2 rings (SSSR count). The average molecular weight is 413 g/mol. The van der Waals surface area contributed by atoms with Crippen molar-refractivity contribution in [2.45, 2.75) is 58.7 Å². The summed E-state index contributed by atoms with van der Waals surface area (Å²) in [5, 5.41) is 2.80. The third-order valence-electron chi connectivity index (χ3n) is 4.20. The van der Waals surface area contributed by atoms with Crippen LogP contribution in [-0.2, 0) is 25.4 Å². The summed E-state index contributed by atoms with van der Waals surface area (Å²) in [6.45, 7) is 9.63. The zero-order valence-corrected chi connectivity index (χ0v) is 18.1. The summed E-state index contributed by atoms with van der Waals surface area (Å²) in [4.78, 5) is 12.1. The van der Waals surface area contributed by atoms with Crippen LogP contribution in [0.4, 0.5) is 10.1 Å². The van der Waals surface area contributed by atoms with Gasteiger partial charge in [0.05, 0.1) is 13.2 Å². The van der Waals surface area contributed by atoms with Gasteiger partial charge in [0.1, 0.15) is 29.2 Å². The fraction of sp³-hybridized carbons (Fsp3) is 0.667. The first-order valence-corrected chi connectivity index (χ1v) is 9.72. The maximum Gasteiger partial charge on any atom is 0.325 e. The lowest BCUT2D eigenvalue weighted by Gasteiger charge is -2.33. The molecule has 1 aliphatic rings. The Kier molecular flexibility index (Phi) is 7.71. The van der Waals surface area contributed by atoms with Crippen LogP contribution < -0.4 is 14.8 Å². The standard InChI is InChI=1S/C21H32FNO6/c1-20(2,3)28-16(24)12-23-18-15(27-13-26-10-9-25-6)11-14-7-8-21(4,5)29-19(14)17(18)22/h11,23H,7-10,12-13H2,1-6H3. The van der Waals surface area contributed by atoms with E-state index in [0.717, 1.165) is 12.0 Å². The summed E-state index contributed by atoms with van der Waals surface area (Å²) in [6, 6.07) is 1.73. The lowest BCUT2D eigenvalue weighted by atomic mass is 9.93. The lowest BCUT2D eigenvalue weighted by molar-refractivity contribution is -0.152. The van der Waals surface area contributed by atoms with Crippen LogP contribution in [0.2, 0.25) is 0 Å². The third kappa shape index (κ3) is 7.04. The quantitative estimate of drug-likeness (QED) is 0.376. The van der Waals surface area contributed by atoms with E-state index < -0.39 is 23.0 Å². The second kappa shape index (κ2) is 9.63. The maximum absolute atomic E-state index is 15.3. The van der Waals surface area contributed by atoms with E-state index in [4.69, 9.17) is 23.7 Å². The molecule has 29 heavy (non-hydrogen) atoms. The van der Waals surface area contributed by atoms with Gasteiger partial charge in [-0.1, -0.05) is 0 Å². The predicted octanol–water partition coefficient (Wildman–Crippen LogP) is 3.68. The van der Waals surface area contributed by atoms with Crippen LogP contribution in [0.1, 0.15) is 46.6 Å². The number of nitrogens with one attached hydrogen (secondary N) is 1. The van der Waals surface area contributed by atoms with Crippen molar-refractivity contribution in [1.29, 1.82) is 0 Å². The Morgan fingerprint density at radius 3 is 2.69 bits per heavy atom. The summed E-state index contributed by atoms with van der Waals surface area (Å²) < 4.78 is 42.3. The van der Waals surface area contributed by atoms with E-state index in [0.29, 0.717) is 19.6 Å². The molecule has 0 saturated heterocycles. The monoisotopic (exact) mass is 413 g/mol. The van der Waals surface area contributed by atoms with E-state index in [-0.39, 0.29) is 30.5 Å². The second-order valence-electron chi connectivity index (χ2n) is 8.52. The molecular weight excluding hydrogens is 381 g/mol. The third-order valence-corrected chi connectivity index (χ3v) is 4.20. The molecular formula is C21H32FNO6. The highest BCUT2D eigenvalue weighted by atomic mass is 19.1. The van der Waals surface area contributed by atoms with Gasteiger partial charge in [-0.15, -0.1) is 0 Å². The number of halogens is 1. The van der Waals surface area contributed by atoms with Gasteiger partial charge in [0.2, 0.25) is 0 Å². The van der Waals surface area contributed by atoms with Gasteiger partial charge in [0.25, 0.3) is 0 Å². The first-order chi connectivity index (χ1) is 13.5. The summed E-state index contributed by atoms with van der Waals surface area (Å²) >= 11 is 0. The highest BCUT2D eigenvalue weighted by Gasteiger charge is 2.32. The topological polar surface area (TPSA) is 75.2 Å². The fourth-order valence-corrected chi connectivity index (χ4v) is 2.84. The van der Waals surface area contributed by atoms with Gasteiger partial charge in [-0.3, -0.25) is 4.79 Å². The molecule has 1 aromatic carbocycles. The molecule has 164 valence electrons. The Morgan fingerprint density at radius 2 is 2.03 bits per heavy atom. The van der Waals surface area contributed by atoms with Crippen molar-refractivity contribution in [1.82, 2.24) is 0 Å². The van der Waals surface area contributed by atoms with Crippen LogP contribution >= 0.6 is 0 Å². The van der Waals surface area contributed by atoms with Gasteiger partial charge >= 0.3 is 5.97 Å². The fourth-order valence-electron chi connectivity index (χ4n) is 2.84. The van der Waals surface area contributed by atoms with Crippen LogP contribution in [0, 0.1) is 5.82 Å². The van der Waals surface area contributed by atoms with Crippen molar-refractivity contribution < 1.29 is 32.9 Å². The Hall–Kier alpha value is -2.06. The largest absolute Gasteiger partial charge is 0.484 e. The van der Waals surface area contributed by atoms with Crippen molar-refractivity contribution in [3.8, 4) is 11.5 Å². The number of carbonyl (C=O) groups excluding carboxylic acids is 1. The molecule has 8 heteroatoms. The van der Waals surface area contributed by atoms with Crippen LogP contribution in [0.3, 0.4) is 0 Å². The Morgan fingerprint density at radius 1 is 1.31 bits per heavy atom. The van der Waals surface area contributed by atoms with Crippen LogP contribution in [0.25, 0.3) is 0 Å². The molecule has 1 aromatic rings. The number of hydrogen-bond donors (Lipinski definition) is 1. The Balaban J connectivity index is 2.21. The van der Waals surface area contributed by atoms with Crippen LogP contribution in [0.15, 0.2) is 6.07 Å². The van der Waals surface area contributed by atoms with Gasteiger partial charge in [-0.25, -0.2) is 4.39 Å². The van der Waals surface area contributed by atoms with Crippen molar-refractivity contribution in [2.24, 2.45) is 0 Å². The van der Waals surface area contributed by atoms with E-state index in [2.05, 4.69) is 5.32 Å². The molecule has 0 amide bonds. The van der Waals surface area contributed by atoms with Crippen molar-refractivity contribution >= 4 is 11.7 Å². The van der Waals surface area contributed by atoms with E-state index >= 15 is 4.39 Å². The molecule has 0 spiro atoms. The number of anilines is 1. The SMILES string of the molecule is COCCOCOc1cc2c(c(F)c1NCC(=O)OC(C)(C)C)OC(C)(C)CC2. The van der Waals surface area contributed by atoms with Crippen molar-refractivity contribution in [3.05, 3.63) is 17.4 Å². The second-order valence-corrected chi connectivity index (χ2v) is 8.52. The normalized spacial score (nSPS) is 15.3. The molecule has 7 nitrogen and oxygen atoms in total. The smallest absolute Gasteiger partial charge is 0.325 e. The number of methoxy groups -OCH3 is 1. The first-order valence-electron chi connectivity index (χ1n) is 9.72. The van der Waals surface area contributed by atoms with Gasteiger partial charge < -0.3 is 29.0 Å². The molecule has 1 N–H and O–H groups in total. The van der Waals surface area contributed by atoms with Crippen LogP contribution in [0.5, 0.6) is 11.5 Å². The van der Waals surface area contributed by atoms with Crippen molar-refractivity contribution in [3.63, 3.8) is 0 Å². The molecule has 0 fully saturated rings. The van der Waals surface area contributed by atoms with Gasteiger partial charge in [-0.2, -0.15) is 0 Å². The highest BCUT2D eigenvalue weighted by molar-refractivity contribution is 5.77.